The van der Waals surface area contributed by atoms with E-state index in [2.05, 4.69) is 19.2 Å². The number of hydrogen-bond acceptors (Lipinski definition) is 1. The minimum absolute atomic E-state index is 0.320. The van der Waals surface area contributed by atoms with E-state index in [-0.39, 0.29) is 6.10 Å². The summed E-state index contributed by atoms with van der Waals surface area (Å²) in [6.45, 7) is 7.67. The second-order valence-corrected chi connectivity index (χ2v) is 2.73. The van der Waals surface area contributed by atoms with E-state index in [9.17, 15) is 5.11 Å². The lowest BCUT2D eigenvalue weighted by Crippen LogP contribution is -2.07. The molecule has 0 saturated carbocycles. The van der Waals surface area contributed by atoms with Gasteiger partial charge in [-0.3, -0.25) is 0 Å². The lowest BCUT2D eigenvalue weighted by molar-refractivity contribution is 0.202. The van der Waals surface area contributed by atoms with Gasteiger partial charge in [-0.2, -0.15) is 0 Å². The van der Waals surface area contributed by atoms with Crippen molar-refractivity contribution in [2.45, 2.75) is 45.6 Å². The van der Waals surface area contributed by atoms with E-state index < -0.39 is 0 Å². The quantitative estimate of drug-likeness (QED) is 0.603. The predicted octanol–water partition coefficient (Wildman–Crippen LogP) is 2.66. The molecule has 1 N–H and O–H groups in total. The van der Waals surface area contributed by atoms with Gasteiger partial charge in [-0.15, -0.1) is 5.73 Å². The third-order valence-electron chi connectivity index (χ3n) is 1.82. The molecule has 0 amide bonds. The van der Waals surface area contributed by atoms with E-state index in [0.717, 1.165) is 31.3 Å². The standard InChI is InChI=1S/C10H18O/c1-4-7-8-9(5-2)10(11)6-3/h10-11H,2,4,6-8H2,1,3H3. The molecule has 0 heterocycles. The topological polar surface area (TPSA) is 20.2 Å². The Hall–Kier alpha value is -0.520. The third kappa shape index (κ3) is 4.02. The lowest BCUT2D eigenvalue weighted by Gasteiger charge is -2.09. The summed E-state index contributed by atoms with van der Waals surface area (Å²) in [5, 5.41) is 9.40. The number of aliphatic hydroxyl groups excluding tert-OH is 1. The summed E-state index contributed by atoms with van der Waals surface area (Å²) in [4.78, 5) is 0. The van der Waals surface area contributed by atoms with E-state index in [4.69, 9.17) is 0 Å². The molecule has 0 spiro atoms. The van der Waals surface area contributed by atoms with E-state index in [0.29, 0.717) is 0 Å². The first kappa shape index (κ1) is 10.5. The van der Waals surface area contributed by atoms with Gasteiger partial charge in [-0.1, -0.05) is 26.8 Å². The first-order valence-electron chi connectivity index (χ1n) is 4.33. The molecule has 0 aromatic rings. The highest BCUT2D eigenvalue weighted by molar-refractivity contribution is 5.04. The maximum absolute atomic E-state index is 9.40. The van der Waals surface area contributed by atoms with Crippen molar-refractivity contribution in [2.75, 3.05) is 0 Å². The molecular formula is C10H18O. The molecule has 0 radical (unpaired) electrons. The smallest absolute Gasteiger partial charge is 0.0820 e. The van der Waals surface area contributed by atoms with Crippen LogP contribution < -0.4 is 0 Å². The molecule has 0 aliphatic carbocycles. The average molecular weight is 154 g/mol. The second kappa shape index (κ2) is 6.21. The van der Waals surface area contributed by atoms with Crippen LogP contribution in [-0.2, 0) is 0 Å². The van der Waals surface area contributed by atoms with Crippen LogP contribution in [0.5, 0.6) is 0 Å². The van der Waals surface area contributed by atoms with Crippen molar-refractivity contribution in [3.8, 4) is 0 Å². The molecule has 0 bridgehead atoms. The van der Waals surface area contributed by atoms with Crippen LogP contribution in [0.3, 0.4) is 0 Å². The van der Waals surface area contributed by atoms with Gasteiger partial charge in [0.25, 0.3) is 0 Å². The fraction of sp³-hybridized carbons (Fsp3) is 0.700. The number of aliphatic hydroxyl groups is 1. The van der Waals surface area contributed by atoms with Crippen LogP contribution in [0.15, 0.2) is 17.9 Å². The first-order chi connectivity index (χ1) is 5.26. The maximum Gasteiger partial charge on any atom is 0.0820 e. The summed E-state index contributed by atoms with van der Waals surface area (Å²) in [7, 11) is 0. The van der Waals surface area contributed by atoms with E-state index in [1.807, 2.05) is 6.92 Å². The Bertz CT molecular complexity index is 143. The van der Waals surface area contributed by atoms with Crippen LogP contribution in [0.2, 0.25) is 0 Å². The summed E-state index contributed by atoms with van der Waals surface area (Å²) in [5.41, 5.74) is 3.77. The van der Waals surface area contributed by atoms with Crippen LogP contribution in [0, 0.1) is 0 Å². The van der Waals surface area contributed by atoms with Crippen molar-refractivity contribution < 1.29 is 5.11 Å². The Morgan fingerprint density at radius 1 is 1.55 bits per heavy atom. The first-order valence-corrected chi connectivity index (χ1v) is 4.33. The van der Waals surface area contributed by atoms with Gasteiger partial charge in [0.15, 0.2) is 0 Å². The molecule has 11 heavy (non-hydrogen) atoms. The van der Waals surface area contributed by atoms with Crippen LogP contribution in [0.25, 0.3) is 0 Å². The van der Waals surface area contributed by atoms with Crippen molar-refractivity contribution in [2.24, 2.45) is 0 Å². The van der Waals surface area contributed by atoms with E-state index >= 15 is 0 Å². The van der Waals surface area contributed by atoms with Gasteiger partial charge in [0.2, 0.25) is 0 Å². The molecule has 1 atom stereocenters. The fourth-order valence-corrected chi connectivity index (χ4v) is 0.986. The van der Waals surface area contributed by atoms with Crippen LogP contribution >= 0.6 is 0 Å². The van der Waals surface area contributed by atoms with Crippen LogP contribution in [0.4, 0.5) is 0 Å². The maximum atomic E-state index is 9.40. The van der Waals surface area contributed by atoms with Gasteiger partial charge in [0.05, 0.1) is 6.10 Å². The molecule has 1 unspecified atom stereocenters. The Labute approximate surface area is 69.4 Å². The van der Waals surface area contributed by atoms with Crippen molar-refractivity contribution in [1.29, 1.82) is 0 Å². The van der Waals surface area contributed by atoms with Crippen LogP contribution in [-0.4, -0.2) is 11.2 Å². The molecule has 1 nitrogen and oxygen atoms in total. The number of unbranched alkanes of at least 4 members (excludes halogenated alkanes) is 1. The zero-order valence-corrected chi connectivity index (χ0v) is 7.56. The van der Waals surface area contributed by atoms with Gasteiger partial charge in [0.1, 0.15) is 0 Å². The Balaban J connectivity index is 3.87. The minimum Gasteiger partial charge on any atom is -0.388 e. The average Bonchev–Trinajstić information content (AvgIpc) is 2.05. The molecule has 0 saturated heterocycles. The molecule has 1 heteroatoms. The summed E-state index contributed by atoms with van der Waals surface area (Å²) >= 11 is 0. The molecule has 0 fully saturated rings. The predicted molar refractivity (Wildman–Crippen MR) is 48.5 cm³/mol. The Morgan fingerprint density at radius 2 is 2.18 bits per heavy atom. The largest absolute Gasteiger partial charge is 0.388 e. The van der Waals surface area contributed by atoms with E-state index in [1.54, 1.807) is 0 Å². The Morgan fingerprint density at radius 3 is 2.55 bits per heavy atom. The highest BCUT2D eigenvalue weighted by Crippen LogP contribution is 2.12. The van der Waals surface area contributed by atoms with E-state index in [1.165, 1.54) is 0 Å². The molecule has 0 aliphatic rings. The van der Waals surface area contributed by atoms with Gasteiger partial charge in [-0.05, 0) is 24.8 Å². The molecule has 0 aliphatic heterocycles. The highest BCUT2D eigenvalue weighted by atomic mass is 16.3. The molecular weight excluding hydrogens is 136 g/mol. The summed E-state index contributed by atoms with van der Waals surface area (Å²) in [6.07, 6.45) is 3.66. The van der Waals surface area contributed by atoms with Crippen molar-refractivity contribution in [1.82, 2.24) is 0 Å². The molecule has 0 aromatic carbocycles. The van der Waals surface area contributed by atoms with Gasteiger partial charge in [-0.25, -0.2) is 0 Å². The molecule has 0 rings (SSSR count). The normalized spacial score (nSPS) is 12.3. The van der Waals surface area contributed by atoms with Crippen molar-refractivity contribution in [3.63, 3.8) is 0 Å². The van der Waals surface area contributed by atoms with Gasteiger partial charge < -0.3 is 5.11 Å². The molecule has 64 valence electrons. The number of hydrogen-bond donors (Lipinski definition) is 1. The number of rotatable bonds is 5. The minimum atomic E-state index is -0.320. The Kier molecular flexibility index (Phi) is 5.91. The van der Waals surface area contributed by atoms with Gasteiger partial charge in [0, 0.05) is 0 Å². The summed E-state index contributed by atoms with van der Waals surface area (Å²) < 4.78 is 0. The molecule has 0 aromatic heterocycles. The SMILES string of the molecule is C=C=C(CCCC)C(O)CC. The fourth-order valence-electron chi connectivity index (χ4n) is 0.986. The van der Waals surface area contributed by atoms with Crippen LogP contribution in [0.1, 0.15) is 39.5 Å². The van der Waals surface area contributed by atoms with Crippen molar-refractivity contribution in [3.05, 3.63) is 17.9 Å². The third-order valence-corrected chi connectivity index (χ3v) is 1.82. The van der Waals surface area contributed by atoms with Crippen molar-refractivity contribution >= 4 is 0 Å². The lowest BCUT2D eigenvalue weighted by atomic mass is 10.0. The van der Waals surface area contributed by atoms with Gasteiger partial charge >= 0.3 is 0 Å². The zero-order valence-electron chi connectivity index (χ0n) is 7.56. The summed E-state index contributed by atoms with van der Waals surface area (Å²) in [5.74, 6) is 0. The summed E-state index contributed by atoms with van der Waals surface area (Å²) in [6, 6.07) is 0. The second-order valence-electron chi connectivity index (χ2n) is 2.73. The highest BCUT2D eigenvalue weighted by Gasteiger charge is 2.05. The monoisotopic (exact) mass is 154 g/mol. The zero-order chi connectivity index (χ0) is 8.69.